The number of nitrogens with one attached hydrogen (secondary N) is 2. The lowest BCUT2D eigenvalue weighted by Gasteiger charge is -2.06. The number of amides is 1. The Morgan fingerprint density at radius 3 is 2.83 bits per heavy atom. The second-order valence-corrected chi connectivity index (χ2v) is 3.06. The van der Waals surface area contributed by atoms with Crippen LogP contribution < -0.4 is 10.1 Å². The lowest BCUT2D eigenvalue weighted by Crippen LogP contribution is -2.24. The third kappa shape index (κ3) is 5.48. The predicted molar refractivity (Wildman–Crippen MR) is 53.1 cm³/mol. The van der Waals surface area contributed by atoms with E-state index in [-0.39, 0.29) is 12.0 Å². The maximum Gasteiger partial charge on any atom is 0.411 e. The molecule has 0 saturated heterocycles. The number of carbonyl (C=O) groups excluding carboxylic acids is 1. The number of carbonyl (C=O) groups is 1. The molecule has 10 heteroatoms. The van der Waals surface area contributed by atoms with Gasteiger partial charge in [0.15, 0.2) is 0 Å². The van der Waals surface area contributed by atoms with E-state index in [1.165, 1.54) is 0 Å². The Morgan fingerprint density at radius 2 is 2.22 bits per heavy atom. The van der Waals surface area contributed by atoms with E-state index in [1.54, 1.807) is 6.92 Å². The normalized spacial score (nSPS) is 11.3. The number of alkyl halides is 3. The highest BCUT2D eigenvalue weighted by Gasteiger charge is 2.27. The number of ether oxygens (including phenoxy) is 2. The van der Waals surface area contributed by atoms with Crippen molar-refractivity contribution in [2.45, 2.75) is 13.1 Å². The molecule has 0 aliphatic rings. The number of hydrogen-bond donors (Lipinski definition) is 2. The smallest absolute Gasteiger partial charge is 0.411 e. The van der Waals surface area contributed by atoms with Crippen LogP contribution in [0, 0.1) is 0 Å². The molecule has 1 aromatic heterocycles. The Balaban J connectivity index is 2.31. The van der Waals surface area contributed by atoms with Gasteiger partial charge in [-0.25, -0.2) is 5.10 Å². The standard InChI is InChI=1S/C8H11F3N4O3/c1-2-18-7-13-6(14-15-7)12-5(16)3-17-4-8(9,10)11/h2-4H2,1H3,(H2,12,13,14,15,16). The number of anilines is 1. The molecule has 0 bridgehead atoms. The number of nitrogens with zero attached hydrogens (tertiary/aromatic N) is 2. The zero-order chi connectivity index (χ0) is 13.6. The molecule has 1 rings (SSSR count). The second-order valence-electron chi connectivity index (χ2n) is 3.06. The van der Waals surface area contributed by atoms with Gasteiger partial charge in [0.05, 0.1) is 6.61 Å². The minimum atomic E-state index is -4.46. The van der Waals surface area contributed by atoms with Crippen molar-refractivity contribution in [3.63, 3.8) is 0 Å². The molecule has 0 aliphatic carbocycles. The summed E-state index contributed by atoms with van der Waals surface area (Å²) in [6.07, 6.45) is -4.46. The van der Waals surface area contributed by atoms with Crippen molar-refractivity contribution in [1.82, 2.24) is 15.2 Å². The SMILES string of the molecule is CCOc1n[nH]c(NC(=O)COCC(F)(F)F)n1. The minimum absolute atomic E-state index is 0.0286. The van der Waals surface area contributed by atoms with Gasteiger partial charge in [-0.1, -0.05) is 0 Å². The van der Waals surface area contributed by atoms with Crippen molar-refractivity contribution < 1.29 is 27.4 Å². The third-order valence-corrected chi connectivity index (χ3v) is 1.50. The molecule has 1 heterocycles. The summed E-state index contributed by atoms with van der Waals surface area (Å²) in [7, 11) is 0. The number of aromatic amines is 1. The monoisotopic (exact) mass is 268 g/mol. The highest BCUT2D eigenvalue weighted by molar-refractivity contribution is 5.89. The molecule has 0 aliphatic heterocycles. The van der Waals surface area contributed by atoms with E-state index < -0.39 is 25.3 Å². The molecule has 0 unspecified atom stereocenters. The molecule has 102 valence electrons. The number of aromatic nitrogens is 3. The maximum atomic E-state index is 11.7. The maximum absolute atomic E-state index is 11.7. The van der Waals surface area contributed by atoms with Gasteiger partial charge >= 0.3 is 12.2 Å². The molecular formula is C8H11F3N4O3. The van der Waals surface area contributed by atoms with Gasteiger partial charge in [-0.15, -0.1) is 5.10 Å². The first-order valence-electron chi connectivity index (χ1n) is 4.90. The highest BCUT2D eigenvalue weighted by Crippen LogP contribution is 2.14. The van der Waals surface area contributed by atoms with Crippen LogP contribution in [-0.2, 0) is 9.53 Å². The number of H-pyrrole nitrogens is 1. The fourth-order valence-electron chi connectivity index (χ4n) is 0.924. The van der Waals surface area contributed by atoms with Crippen LogP contribution in [0.15, 0.2) is 0 Å². The lowest BCUT2D eigenvalue weighted by molar-refractivity contribution is -0.174. The molecular weight excluding hydrogens is 257 g/mol. The summed E-state index contributed by atoms with van der Waals surface area (Å²) in [5.41, 5.74) is 0. The average Bonchev–Trinajstić information content (AvgIpc) is 2.64. The van der Waals surface area contributed by atoms with Crippen molar-refractivity contribution in [2.24, 2.45) is 0 Å². The molecule has 0 aromatic carbocycles. The summed E-state index contributed by atoms with van der Waals surface area (Å²) in [5.74, 6) is -0.808. The zero-order valence-electron chi connectivity index (χ0n) is 9.37. The van der Waals surface area contributed by atoms with Gasteiger partial charge in [-0.05, 0) is 6.92 Å². The van der Waals surface area contributed by atoms with E-state index in [4.69, 9.17) is 4.74 Å². The summed E-state index contributed by atoms with van der Waals surface area (Å²) < 4.78 is 44.2. The predicted octanol–water partition coefficient (Wildman–Crippen LogP) is 0.721. The Morgan fingerprint density at radius 1 is 1.50 bits per heavy atom. The quantitative estimate of drug-likeness (QED) is 0.793. The molecule has 0 radical (unpaired) electrons. The lowest BCUT2D eigenvalue weighted by atomic mass is 10.6. The van der Waals surface area contributed by atoms with Crippen LogP contribution in [-0.4, -0.2) is 47.1 Å². The van der Waals surface area contributed by atoms with E-state index in [0.29, 0.717) is 6.61 Å². The van der Waals surface area contributed by atoms with E-state index >= 15 is 0 Å². The summed E-state index contributed by atoms with van der Waals surface area (Å²) >= 11 is 0. The third-order valence-electron chi connectivity index (χ3n) is 1.50. The fourth-order valence-corrected chi connectivity index (χ4v) is 0.924. The summed E-state index contributed by atoms with van der Waals surface area (Å²) in [6, 6.07) is 0.0315. The van der Waals surface area contributed by atoms with E-state index in [9.17, 15) is 18.0 Å². The Kier molecular flexibility index (Phi) is 4.89. The Hall–Kier alpha value is -1.84. The van der Waals surface area contributed by atoms with Crippen LogP contribution in [0.1, 0.15) is 6.92 Å². The van der Waals surface area contributed by atoms with Gasteiger partial charge in [0.25, 0.3) is 5.91 Å². The van der Waals surface area contributed by atoms with Crippen LogP contribution in [0.5, 0.6) is 6.01 Å². The first-order chi connectivity index (χ1) is 8.40. The van der Waals surface area contributed by atoms with Gasteiger partial charge in [0, 0.05) is 0 Å². The minimum Gasteiger partial charge on any atom is -0.463 e. The van der Waals surface area contributed by atoms with Crippen molar-refractivity contribution in [3.05, 3.63) is 0 Å². The highest BCUT2D eigenvalue weighted by atomic mass is 19.4. The Labute approximate surface area is 99.7 Å². The van der Waals surface area contributed by atoms with Crippen LogP contribution in [0.25, 0.3) is 0 Å². The van der Waals surface area contributed by atoms with Crippen LogP contribution in [0.2, 0.25) is 0 Å². The molecule has 2 N–H and O–H groups in total. The summed E-state index contributed by atoms with van der Waals surface area (Å²) in [5, 5.41) is 8.08. The largest absolute Gasteiger partial charge is 0.463 e. The molecule has 0 fully saturated rings. The van der Waals surface area contributed by atoms with Gasteiger partial charge < -0.3 is 9.47 Å². The van der Waals surface area contributed by atoms with E-state index in [1.807, 2.05) is 0 Å². The van der Waals surface area contributed by atoms with Crippen molar-refractivity contribution in [1.29, 1.82) is 0 Å². The number of hydrogen-bond acceptors (Lipinski definition) is 5. The first kappa shape index (κ1) is 14.2. The van der Waals surface area contributed by atoms with Gasteiger partial charge in [-0.3, -0.25) is 10.1 Å². The van der Waals surface area contributed by atoms with Crippen LogP contribution in [0.3, 0.4) is 0 Å². The number of rotatable bonds is 6. The molecule has 0 saturated carbocycles. The first-order valence-corrected chi connectivity index (χ1v) is 4.90. The van der Waals surface area contributed by atoms with Crippen LogP contribution >= 0.6 is 0 Å². The summed E-state index contributed by atoms with van der Waals surface area (Å²) in [4.78, 5) is 14.8. The van der Waals surface area contributed by atoms with Gasteiger partial charge in [-0.2, -0.15) is 18.2 Å². The molecule has 0 atom stereocenters. The van der Waals surface area contributed by atoms with Crippen molar-refractivity contribution in [2.75, 3.05) is 25.1 Å². The van der Waals surface area contributed by atoms with Crippen molar-refractivity contribution >= 4 is 11.9 Å². The van der Waals surface area contributed by atoms with E-state index in [2.05, 4.69) is 25.2 Å². The molecule has 1 amide bonds. The average molecular weight is 268 g/mol. The topological polar surface area (TPSA) is 89.1 Å². The molecule has 0 spiro atoms. The second kappa shape index (κ2) is 6.19. The van der Waals surface area contributed by atoms with Gasteiger partial charge in [0.2, 0.25) is 5.95 Å². The Bertz CT molecular complexity index is 393. The number of halogens is 3. The van der Waals surface area contributed by atoms with Crippen LogP contribution in [0.4, 0.5) is 19.1 Å². The van der Waals surface area contributed by atoms with E-state index in [0.717, 1.165) is 0 Å². The van der Waals surface area contributed by atoms with Crippen molar-refractivity contribution in [3.8, 4) is 6.01 Å². The fraction of sp³-hybridized carbons (Fsp3) is 0.625. The van der Waals surface area contributed by atoms with Gasteiger partial charge in [0.1, 0.15) is 13.2 Å². The molecule has 1 aromatic rings. The summed E-state index contributed by atoms with van der Waals surface area (Å²) in [6.45, 7) is -0.148. The molecule has 7 nitrogen and oxygen atoms in total. The molecule has 18 heavy (non-hydrogen) atoms. The zero-order valence-corrected chi connectivity index (χ0v) is 9.37.